The van der Waals surface area contributed by atoms with Crippen LogP contribution in [0.4, 0.5) is 0 Å². The van der Waals surface area contributed by atoms with E-state index in [1.165, 1.54) is 6.40 Å². The molecule has 0 radical (unpaired) electrons. The van der Waals surface area contributed by atoms with Gasteiger partial charge in [-0.2, -0.15) is 0 Å². The molecule has 0 aromatic heterocycles. The normalized spacial score (nSPS) is 35.2. The molecule has 0 fully saturated rings. The number of hydrogen-bond donors (Lipinski definition) is 1. The minimum atomic E-state index is -0.236. The third-order valence-electron chi connectivity index (χ3n) is 1.31. The van der Waals surface area contributed by atoms with Gasteiger partial charge in [0.15, 0.2) is 12.1 Å². The van der Waals surface area contributed by atoms with Crippen LogP contribution in [0.15, 0.2) is 4.99 Å². The number of rotatable bonds is 1. The first-order valence-corrected chi connectivity index (χ1v) is 2.62. The van der Waals surface area contributed by atoms with Crippen LogP contribution in [0.1, 0.15) is 6.92 Å². The number of hydrogen-bond acceptors (Lipinski definition) is 3. The summed E-state index contributed by atoms with van der Waals surface area (Å²) in [4.78, 5) is 3.90. The third-order valence-corrected chi connectivity index (χ3v) is 1.31. The molecule has 0 aromatic carbocycles. The predicted octanol–water partition coefficient (Wildman–Crippen LogP) is -0.0195. The molecule has 0 aromatic rings. The number of nitrogens with zero attached hydrogens (tertiary/aromatic N) is 1. The molecule has 1 unspecified atom stereocenters. The summed E-state index contributed by atoms with van der Waals surface area (Å²) in [5.41, 5.74) is -0.236. The summed E-state index contributed by atoms with van der Waals surface area (Å²) >= 11 is 0. The van der Waals surface area contributed by atoms with Gasteiger partial charge in [0, 0.05) is 0 Å². The molecule has 1 N–H and O–H groups in total. The van der Waals surface area contributed by atoms with Gasteiger partial charge in [-0.3, -0.25) is 10.3 Å². The van der Waals surface area contributed by atoms with Gasteiger partial charge in [0.2, 0.25) is 0 Å². The maximum atomic E-state index is 5.09. The van der Waals surface area contributed by atoms with E-state index in [1.807, 2.05) is 14.0 Å². The van der Waals surface area contributed by atoms with E-state index in [-0.39, 0.29) is 5.72 Å². The topological polar surface area (TPSA) is 33.6 Å². The van der Waals surface area contributed by atoms with Crippen molar-refractivity contribution in [1.29, 1.82) is 0 Å². The second kappa shape index (κ2) is 1.74. The minimum Gasteiger partial charge on any atom is -0.461 e. The molecule has 8 heavy (non-hydrogen) atoms. The number of likely N-dealkylation sites (N-methyl/N-ethyl adjacent to an activating group) is 1. The van der Waals surface area contributed by atoms with Crippen LogP contribution < -0.4 is 5.32 Å². The van der Waals surface area contributed by atoms with Gasteiger partial charge < -0.3 is 4.74 Å². The standard InChI is InChI=1S/C5H10N2O/c1-5(6-2)3-7-4-8-5/h4,6H,3H2,1-2H3. The molecule has 0 saturated carbocycles. The number of nitrogens with one attached hydrogen (secondary N) is 1. The number of ether oxygens (including phenoxy) is 1. The molecule has 1 aliphatic heterocycles. The summed E-state index contributed by atoms with van der Waals surface area (Å²) in [6.07, 6.45) is 1.48. The fourth-order valence-corrected chi connectivity index (χ4v) is 0.540. The Morgan fingerprint density at radius 1 is 1.88 bits per heavy atom. The molecule has 0 amide bonds. The van der Waals surface area contributed by atoms with Crippen LogP contribution in [-0.2, 0) is 4.74 Å². The zero-order valence-corrected chi connectivity index (χ0v) is 5.14. The van der Waals surface area contributed by atoms with E-state index in [2.05, 4.69) is 10.3 Å². The maximum Gasteiger partial charge on any atom is 0.178 e. The van der Waals surface area contributed by atoms with Crippen molar-refractivity contribution >= 4 is 6.40 Å². The molecule has 46 valence electrons. The molecule has 1 rings (SSSR count). The summed E-state index contributed by atoms with van der Waals surface area (Å²) in [6.45, 7) is 2.67. The van der Waals surface area contributed by atoms with Gasteiger partial charge in [0.1, 0.15) is 0 Å². The molecule has 1 heterocycles. The minimum absolute atomic E-state index is 0.236. The lowest BCUT2D eigenvalue weighted by molar-refractivity contribution is 0.0857. The second-order valence-electron chi connectivity index (χ2n) is 2.04. The van der Waals surface area contributed by atoms with Gasteiger partial charge in [-0.25, -0.2) is 0 Å². The summed E-state index contributed by atoms with van der Waals surface area (Å²) in [6, 6.07) is 0. The molecule has 1 aliphatic rings. The van der Waals surface area contributed by atoms with Crippen LogP contribution in [0.2, 0.25) is 0 Å². The van der Waals surface area contributed by atoms with E-state index < -0.39 is 0 Å². The van der Waals surface area contributed by atoms with E-state index >= 15 is 0 Å². The van der Waals surface area contributed by atoms with E-state index in [1.54, 1.807) is 0 Å². The van der Waals surface area contributed by atoms with E-state index in [4.69, 9.17) is 4.74 Å². The smallest absolute Gasteiger partial charge is 0.178 e. The molecular formula is C5H10N2O. The molecule has 0 bridgehead atoms. The SMILES string of the molecule is CNC1(C)CN=CO1. The fourth-order valence-electron chi connectivity index (χ4n) is 0.540. The molecule has 3 nitrogen and oxygen atoms in total. The first kappa shape index (κ1) is 5.56. The second-order valence-corrected chi connectivity index (χ2v) is 2.04. The Kier molecular flexibility index (Phi) is 1.21. The van der Waals surface area contributed by atoms with Gasteiger partial charge in [0.25, 0.3) is 0 Å². The van der Waals surface area contributed by atoms with Crippen LogP contribution in [0.3, 0.4) is 0 Å². The van der Waals surface area contributed by atoms with Gasteiger partial charge in [-0.1, -0.05) is 0 Å². The third kappa shape index (κ3) is 0.816. The lowest BCUT2D eigenvalue weighted by atomic mass is 10.3. The van der Waals surface area contributed by atoms with E-state index in [9.17, 15) is 0 Å². The molecular weight excluding hydrogens is 104 g/mol. The summed E-state index contributed by atoms with van der Waals surface area (Å²) in [5, 5.41) is 2.99. The monoisotopic (exact) mass is 114 g/mol. The maximum absolute atomic E-state index is 5.09. The summed E-state index contributed by atoms with van der Waals surface area (Å²) < 4.78 is 5.09. The highest BCUT2D eigenvalue weighted by Gasteiger charge is 2.25. The van der Waals surface area contributed by atoms with E-state index in [0.29, 0.717) is 6.54 Å². The number of aliphatic imine (C=N–C) groups is 1. The Morgan fingerprint density at radius 3 is 2.88 bits per heavy atom. The zero-order valence-electron chi connectivity index (χ0n) is 5.14. The van der Waals surface area contributed by atoms with Crippen molar-refractivity contribution in [3.63, 3.8) is 0 Å². The Morgan fingerprint density at radius 2 is 2.62 bits per heavy atom. The Bertz CT molecular complexity index is 103. The fraction of sp³-hybridized carbons (Fsp3) is 0.800. The zero-order chi connectivity index (χ0) is 6.04. The summed E-state index contributed by atoms with van der Waals surface area (Å²) in [7, 11) is 1.86. The lowest BCUT2D eigenvalue weighted by Gasteiger charge is -2.20. The van der Waals surface area contributed by atoms with Crippen LogP contribution in [0.5, 0.6) is 0 Å². The van der Waals surface area contributed by atoms with Crippen molar-refractivity contribution < 1.29 is 4.74 Å². The highest BCUT2D eigenvalue weighted by atomic mass is 16.5. The first-order valence-electron chi connectivity index (χ1n) is 2.62. The molecule has 0 aliphatic carbocycles. The largest absolute Gasteiger partial charge is 0.461 e. The van der Waals surface area contributed by atoms with Gasteiger partial charge >= 0.3 is 0 Å². The Labute approximate surface area is 48.8 Å². The summed E-state index contributed by atoms with van der Waals surface area (Å²) in [5.74, 6) is 0. The molecule has 3 heteroatoms. The van der Waals surface area contributed by atoms with Crippen molar-refractivity contribution in [3.8, 4) is 0 Å². The van der Waals surface area contributed by atoms with Crippen LogP contribution in [0, 0.1) is 0 Å². The molecule has 0 spiro atoms. The van der Waals surface area contributed by atoms with Crippen LogP contribution in [-0.4, -0.2) is 25.7 Å². The van der Waals surface area contributed by atoms with Gasteiger partial charge in [-0.05, 0) is 14.0 Å². The van der Waals surface area contributed by atoms with Crippen LogP contribution in [0.25, 0.3) is 0 Å². The van der Waals surface area contributed by atoms with Crippen molar-refractivity contribution in [2.45, 2.75) is 12.6 Å². The highest BCUT2D eigenvalue weighted by molar-refractivity contribution is 5.49. The van der Waals surface area contributed by atoms with Gasteiger partial charge in [-0.15, -0.1) is 0 Å². The van der Waals surface area contributed by atoms with Crippen molar-refractivity contribution in [3.05, 3.63) is 0 Å². The van der Waals surface area contributed by atoms with E-state index in [0.717, 1.165) is 0 Å². The average molecular weight is 114 g/mol. The molecule has 0 saturated heterocycles. The molecule has 1 atom stereocenters. The first-order chi connectivity index (χ1) is 3.77. The van der Waals surface area contributed by atoms with Crippen molar-refractivity contribution in [1.82, 2.24) is 5.32 Å². The predicted molar refractivity (Wildman–Crippen MR) is 31.9 cm³/mol. The van der Waals surface area contributed by atoms with Gasteiger partial charge in [0.05, 0.1) is 6.54 Å². The van der Waals surface area contributed by atoms with Crippen molar-refractivity contribution in [2.75, 3.05) is 13.6 Å². The quantitative estimate of drug-likeness (QED) is 0.519. The Hall–Kier alpha value is -0.570. The van der Waals surface area contributed by atoms with Crippen LogP contribution >= 0.6 is 0 Å². The highest BCUT2D eigenvalue weighted by Crippen LogP contribution is 2.08. The lowest BCUT2D eigenvalue weighted by Crippen LogP contribution is -2.42. The Balaban J connectivity index is 2.46. The average Bonchev–Trinajstić information content (AvgIpc) is 2.17. The van der Waals surface area contributed by atoms with Crippen molar-refractivity contribution in [2.24, 2.45) is 4.99 Å².